The molecule has 9 nitrogen and oxygen atoms in total. The summed E-state index contributed by atoms with van der Waals surface area (Å²) in [6, 6.07) is 5.24. The third-order valence-corrected chi connectivity index (χ3v) is 7.48. The van der Waals surface area contributed by atoms with Gasteiger partial charge in [-0.3, -0.25) is 19.2 Å². The fourth-order valence-corrected chi connectivity index (χ4v) is 5.08. The molecular weight excluding hydrogens is 458 g/mol. The van der Waals surface area contributed by atoms with Crippen LogP contribution in [0.25, 0.3) is 10.9 Å². The first-order valence-corrected chi connectivity index (χ1v) is 12.1. The molecule has 10 heteroatoms. The SMILES string of the molecule is NC(=O)C(CC1CC2(CC2)NC1=O)NC(=O)C(CC1CC1)NC(=O)c1cc2cccc(Cl)c2[nH]1. The number of nitrogens with one attached hydrogen (secondary N) is 4. The number of fused-ring (bicyclic) bond motifs is 1. The Morgan fingerprint density at radius 1 is 1.15 bits per heavy atom. The Hall–Kier alpha value is -3.07. The van der Waals surface area contributed by atoms with E-state index in [4.69, 9.17) is 17.3 Å². The van der Waals surface area contributed by atoms with E-state index in [1.165, 1.54) is 0 Å². The first-order chi connectivity index (χ1) is 16.2. The average molecular weight is 486 g/mol. The smallest absolute Gasteiger partial charge is 0.268 e. The van der Waals surface area contributed by atoms with Gasteiger partial charge in [0, 0.05) is 16.8 Å². The molecule has 4 amide bonds. The Morgan fingerprint density at radius 3 is 2.53 bits per heavy atom. The van der Waals surface area contributed by atoms with E-state index >= 15 is 0 Å². The van der Waals surface area contributed by atoms with Crippen LogP contribution in [-0.4, -0.2) is 46.2 Å². The molecule has 3 aliphatic rings. The summed E-state index contributed by atoms with van der Waals surface area (Å²) in [6.45, 7) is 0. The molecule has 2 saturated carbocycles. The van der Waals surface area contributed by atoms with Gasteiger partial charge in [-0.15, -0.1) is 0 Å². The lowest BCUT2D eigenvalue weighted by molar-refractivity contribution is -0.130. The molecule has 3 fully saturated rings. The number of H-pyrrole nitrogens is 1. The molecule has 1 saturated heterocycles. The Balaban J connectivity index is 1.27. The molecule has 6 N–H and O–H groups in total. The number of carbonyl (C=O) groups excluding carboxylic acids is 4. The first kappa shape index (κ1) is 22.7. The predicted molar refractivity (Wildman–Crippen MR) is 126 cm³/mol. The van der Waals surface area contributed by atoms with Crippen molar-refractivity contribution in [3.8, 4) is 0 Å². The van der Waals surface area contributed by atoms with Crippen molar-refractivity contribution in [2.24, 2.45) is 17.6 Å². The molecule has 2 aromatic rings. The van der Waals surface area contributed by atoms with Gasteiger partial charge in [0.15, 0.2) is 0 Å². The number of rotatable bonds is 9. The van der Waals surface area contributed by atoms with E-state index in [2.05, 4.69) is 20.9 Å². The van der Waals surface area contributed by atoms with Crippen molar-refractivity contribution in [1.29, 1.82) is 0 Å². The van der Waals surface area contributed by atoms with Crippen molar-refractivity contribution in [2.75, 3.05) is 0 Å². The normalized spacial score (nSPS) is 22.3. The van der Waals surface area contributed by atoms with Gasteiger partial charge >= 0.3 is 0 Å². The van der Waals surface area contributed by atoms with E-state index in [1.54, 1.807) is 18.2 Å². The topological polar surface area (TPSA) is 146 Å². The number of para-hydroxylation sites is 1. The number of aromatic amines is 1. The molecule has 1 aromatic heterocycles. The van der Waals surface area contributed by atoms with Gasteiger partial charge in [0.25, 0.3) is 5.91 Å². The lowest BCUT2D eigenvalue weighted by Gasteiger charge is -2.23. The molecule has 1 aliphatic heterocycles. The number of halogens is 1. The van der Waals surface area contributed by atoms with Crippen LogP contribution in [0.5, 0.6) is 0 Å². The molecule has 0 bridgehead atoms. The zero-order valence-electron chi connectivity index (χ0n) is 18.7. The highest BCUT2D eigenvalue weighted by Crippen LogP contribution is 2.46. The Bertz CT molecular complexity index is 1170. The fourth-order valence-electron chi connectivity index (χ4n) is 4.85. The number of aromatic nitrogens is 1. The van der Waals surface area contributed by atoms with Crippen molar-refractivity contribution in [3.05, 3.63) is 35.0 Å². The number of benzene rings is 1. The van der Waals surface area contributed by atoms with Crippen molar-refractivity contribution in [3.63, 3.8) is 0 Å². The van der Waals surface area contributed by atoms with Crippen LogP contribution in [0.4, 0.5) is 0 Å². The van der Waals surface area contributed by atoms with Gasteiger partial charge in [0.05, 0.1) is 10.5 Å². The summed E-state index contributed by atoms with van der Waals surface area (Å²) >= 11 is 6.20. The number of carbonyl (C=O) groups is 4. The summed E-state index contributed by atoms with van der Waals surface area (Å²) in [4.78, 5) is 53.5. The maximum atomic E-state index is 13.1. The van der Waals surface area contributed by atoms with Gasteiger partial charge in [-0.1, -0.05) is 36.6 Å². The maximum absolute atomic E-state index is 13.1. The van der Waals surface area contributed by atoms with Crippen LogP contribution in [0, 0.1) is 11.8 Å². The molecule has 180 valence electrons. The molecule has 34 heavy (non-hydrogen) atoms. The molecule has 5 rings (SSSR count). The first-order valence-electron chi connectivity index (χ1n) is 11.7. The highest BCUT2D eigenvalue weighted by molar-refractivity contribution is 6.35. The summed E-state index contributed by atoms with van der Waals surface area (Å²) in [6.07, 6.45) is 5.14. The van der Waals surface area contributed by atoms with Gasteiger partial charge in [-0.05, 0) is 50.2 Å². The van der Waals surface area contributed by atoms with Crippen molar-refractivity contribution in [1.82, 2.24) is 20.9 Å². The van der Waals surface area contributed by atoms with Crippen LogP contribution >= 0.6 is 11.6 Å². The lowest BCUT2D eigenvalue weighted by Crippen LogP contribution is -2.53. The minimum Gasteiger partial charge on any atom is -0.368 e. The molecule has 3 unspecified atom stereocenters. The average Bonchev–Trinajstić information content (AvgIpc) is 3.68. The van der Waals surface area contributed by atoms with Crippen molar-refractivity contribution >= 4 is 46.1 Å². The molecule has 1 spiro atoms. The lowest BCUT2D eigenvalue weighted by atomic mass is 9.95. The van der Waals surface area contributed by atoms with Crippen molar-refractivity contribution < 1.29 is 19.2 Å². The van der Waals surface area contributed by atoms with Crippen LogP contribution < -0.4 is 21.7 Å². The van der Waals surface area contributed by atoms with Gasteiger partial charge in [-0.25, -0.2) is 0 Å². The second-order valence-electron chi connectivity index (χ2n) is 9.96. The van der Waals surface area contributed by atoms with E-state index in [9.17, 15) is 19.2 Å². The number of hydrogen-bond acceptors (Lipinski definition) is 4. The predicted octanol–water partition coefficient (Wildman–Crippen LogP) is 1.75. The second-order valence-corrected chi connectivity index (χ2v) is 10.4. The minimum absolute atomic E-state index is 0.0988. The summed E-state index contributed by atoms with van der Waals surface area (Å²) in [5.74, 6) is -1.73. The zero-order valence-corrected chi connectivity index (χ0v) is 19.4. The Labute approximate surface area is 201 Å². The van der Waals surface area contributed by atoms with Gasteiger partial charge in [0.1, 0.15) is 17.8 Å². The van der Waals surface area contributed by atoms with Crippen molar-refractivity contribution in [2.45, 2.75) is 62.6 Å². The van der Waals surface area contributed by atoms with E-state index < -0.39 is 29.8 Å². The monoisotopic (exact) mass is 485 g/mol. The molecule has 1 aromatic carbocycles. The van der Waals surface area contributed by atoms with Crippen LogP contribution in [-0.2, 0) is 14.4 Å². The number of nitrogens with two attached hydrogens (primary N) is 1. The summed E-state index contributed by atoms with van der Waals surface area (Å²) < 4.78 is 0. The fraction of sp³-hybridized carbons (Fsp3) is 0.500. The molecule has 2 heterocycles. The van der Waals surface area contributed by atoms with E-state index in [1.807, 2.05) is 6.07 Å². The highest BCUT2D eigenvalue weighted by Gasteiger charge is 2.52. The van der Waals surface area contributed by atoms with Gasteiger partial charge in [0.2, 0.25) is 17.7 Å². The van der Waals surface area contributed by atoms with Crippen LogP contribution in [0.2, 0.25) is 5.02 Å². The number of primary amides is 1. The third kappa shape index (κ3) is 4.75. The summed E-state index contributed by atoms with van der Waals surface area (Å²) in [7, 11) is 0. The zero-order chi connectivity index (χ0) is 24.0. The maximum Gasteiger partial charge on any atom is 0.268 e. The largest absolute Gasteiger partial charge is 0.368 e. The quantitative estimate of drug-likeness (QED) is 0.368. The van der Waals surface area contributed by atoms with Crippen LogP contribution in [0.1, 0.15) is 55.4 Å². The molecule has 3 atom stereocenters. The Kier molecular flexibility index (Phi) is 5.75. The van der Waals surface area contributed by atoms with E-state index in [0.717, 1.165) is 31.1 Å². The van der Waals surface area contributed by atoms with Crippen LogP contribution in [0.15, 0.2) is 24.3 Å². The van der Waals surface area contributed by atoms with E-state index in [0.29, 0.717) is 35.0 Å². The minimum atomic E-state index is -0.984. The summed E-state index contributed by atoms with van der Waals surface area (Å²) in [5.41, 5.74) is 6.38. The standard InChI is InChI=1S/C24H28ClN5O4/c25-15-3-1-2-13-9-18(27-19(13)15)23(34)29-17(8-12-4-5-12)22(33)28-16(20(26)31)10-14-11-24(6-7-24)30-21(14)32/h1-3,9,12,14,16-17,27H,4-8,10-11H2,(H2,26,31)(H,28,33)(H,29,34)(H,30,32). The van der Waals surface area contributed by atoms with E-state index in [-0.39, 0.29) is 23.8 Å². The van der Waals surface area contributed by atoms with Gasteiger partial charge in [-0.2, -0.15) is 0 Å². The number of hydrogen-bond donors (Lipinski definition) is 5. The van der Waals surface area contributed by atoms with Gasteiger partial charge < -0.3 is 26.7 Å². The third-order valence-electron chi connectivity index (χ3n) is 7.17. The molecular formula is C24H28ClN5O4. The molecule has 0 radical (unpaired) electrons. The highest BCUT2D eigenvalue weighted by atomic mass is 35.5. The number of amides is 4. The summed E-state index contributed by atoms with van der Waals surface area (Å²) in [5, 5.41) is 9.78. The second kappa shape index (κ2) is 8.61. The van der Waals surface area contributed by atoms with Crippen LogP contribution in [0.3, 0.4) is 0 Å². The molecule has 2 aliphatic carbocycles. The Morgan fingerprint density at radius 2 is 1.91 bits per heavy atom.